The largest absolute Gasteiger partial charge is 0.384 e. The number of hydrogen-bond acceptors (Lipinski definition) is 1. The van der Waals surface area contributed by atoms with Crippen LogP contribution in [0.4, 0.5) is 0 Å². The van der Waals surface area contributed by atoms with Gasteiger partial charge in [-0.15, -0.1) is 0 Å². The van der Waals surface area contributed by atoms with Gasteiger partial charge in [-0.2, -0.15) is 0 Å². The molecule has 3 aromatic rings. The summed E-state index contributed by atoms with van der Waals surface area (Å²) >= 11 is 0. The van der Waals surface area contributed by atoms with Crippen LogP contribution in [0.15, 0.2) is 60.7 Å². The fraction of sp³-hybridized carbons (Fsp3) is 0.200. The molecule has 1 nitrogen and oxygen atoms in total. The monoisotopic (exact) mass is 274 g/mol. The maximum Gasteiger partial charge on any atom is 0.105 e. The molecule has 0 fully saturated rings. The van der Waals surface area contributed by atoms with Gasteiger partial charge < -0.3 is 5.11 Å². The van der Waals surface area contributed by atoms with Crippen molar-refractivity contribution in [2.24, 2.45) is 0 Å². The Balaban J connectivity index is 1.81. The number of benzene rings is 3. The summed E-state index contributed by atoms with van der Waals surface area (Å²) in [4.78, 5) is 0. The molecule has 0 radical (unpaired) electrons. The first-order valence-corrected chi connectivity index (χ1v) is 7.60. The van der Waals surface area contributed by atoms with E-state index in [0.29, 0.717) is 0 Å². The molecule has 1 aliphatic carbocycles. The summed E-state index contributed by atoms with van der Waals surface area (Å²) in [6, 6.07) is 20.8. The van der Waals surface area contributed by atoms with Crippen LogP contribution in [0.1, 0.15) is 34.8 Å². The molecule has 1 atom stereocenters. The van der Waals surface area contributed by atoms with Gasteiger partial charge in [0.1, 0.15) is 6.10 Å². The zero-order valence-corrected chi connectivity index (χ0v) is 11.9. The highest BCUT2D eigenvalue weighted by molar-refractivity contribution is 5.86. The predicted molar refractivity (Wildman–Crippen MR) is 86.5 cm³/mol. The van der Waals surface area contributed by atoms with Gasteiger partial charge in [0.05, 0.1) is 0 Å². The fourth-order valence-electron chi connectivity index (χ4n) is 3.43. The summed E-state index contributed by atoms with van der Waals surface area (Å²) in [7, 11) is 0. The van der Waals surface area contributed by atoms with Crippen LogP contribution in [0, 0.1) is 0 Å². The number of aryl methyl sites for hydroxylation is 2. The maximum absolute atomic E-state index is 10.8. The van der Waals surface area contributed by atoms with Gasteiger partial charge in [0.15, 0.2) is 0 Å². The average Bonchev–Trinajstić information content (AvgIpc) is 3.01. The van der Waals surface area contributed by atoms with Gasteiger partial charge in [-0.3, -0.25) is 0 Å². The van der Waals surface area contributed by atoms with E-state index in [2.05, 4.69) is 36.4 Å². The van der Waals surface area contributed by atoms with E-state index in [9.17, 15) is 5.11 Å². The fourth-order valence-corrected chi connectivity index (χ4v) is 3.43. The second-order valence-electron chi connectivity index (χ2n) is 5.85. The summed E-state index contributed by atoms with van der Waals surface area (Å²) in [6.45, 7) is 0. The molecule has 0 aromatic heterocycles. The molecule has 0 aliphatic heterocycles. The lowest BCUT2D eigenvalue weighted by molar-refractivity contribution is 0.222. The quantitative estimate of drug-likeness (QED) is 0.734. The summed E-state index contributed by atoms with van der Waals surface area (Å²) < 4.78 is 0. The highest BCUT2D eigenvalue weighted by atomic mass is 16.3. The zero-order valence-electron chi connectivity index (χ0n) is 11.9. The Kier molecular flexibility index (Phi) is 3.01. The van der Waals surface area contributed by atoms with E-state index >= 15 is 0 Å². The molecule has 1 aliphatic rings. The molecular formula is C20H18O. The Labute approximate surface area is 124 Å². The SMILES string of the molecule is OC(c1ccc2c(c1)CCC2)c1cccc2ccccc12. The topological polar surface area (TPSA) is 20.2 Å². The zero-order chi connectivity index (χ0) is 14.2. The molecule has 0 saturated carbocycles. The third-order valence-electron chi connectivity index (χ3n) is 4.56. The number of fused-ring (bicyclic) bond motifs is 2. The van der Waals surface area contributed by atoms with Gasteiger partial charge in [-0.25, -0.2) is 0 Å². The Hall–Kier alpha value is -2.12. The molecule has 1 N–H and O–H groups in total. The Morgan fingerprint density at radius 1 is 0.810 bits per heavy atom. The molecule has 104 valence electrons. The van der Waals surface area contributed by atoms with Crippen LogP contribution < -0.4 is 0 Å². The van der Waals surface area contributed by atoms with Crippen LogP contribution in [-0.4, -0.2) is 5.11 Å². The lowest BCUT2D eigenvalue weighted by Crippen LogP contribution is -2.01. The van der Waals surface area contributed by atoms with E-state index in [1.54, 1.807) is 0 Å². The summed E-state index contributed by atoms with van der Waals surface area (Å²) in [5.74, 6) is 0. The molecule has 0 bridgehead atoms. The third-order valence-corrected chi connectivity index (χ3v) is 4.56. The van der Waals surface area contributed by atoms with Crippen LogP contribution in [0.25, 0.3) is 10.8 Å². The first-order chi connectivity index (χ1) is 10.3. The first kappa shape index (κ1) is 12.6. The molecule has 21 heavy (non-hydrogen) atoms. The van der Waals surface area contributed by atoms with E-state index in [-0.39, 0.29) is 0 Å². The predicted octanol–water partition coefficient (Wildman–Crippen LogP) is 4.41. The molecule has 0 heterocycles. The van der Waals surface area contributed by atoms with Gasteiger partial charge in [0.25, 0.3) is 0 Å². The second kappa shape index (κ2) is 5.01. The van der Waals surface area contributed by atoms with Crippen molar-refractivity contribution in [3.63, 3.8) is 0 Å². The van der Waals surface area contributed by atoms with Crippen LogP contribution in [0.2, 0.25) is 0 Å². The first-order valence-electron chi connectivity index (χ1n) is 7.60. The minimum atomic E-state index is -0.554. The maximum atomic E-state index is 10.8. The van der Waals surface area contributed by atoms with Gasteiger partial charge >= 0.3 is 0 Å². The molecule has 3 aromatic carbocycles. The number of hydrogen-bond donors (Lipinski definition) is 1. The second-order valence-corrected chi connectivity index (χ2v) is 5.85. The standard InChI is InChI=1S/C20H18O/c21-20(17-12-11-14-6-3-8-16(14)13-17)19-10-4-7-15-5-1-2-9-18(15)19/h1-2,4-5,7,9-13,20-21H,3,6,8H2. The van der Waals surface area contributed by atoms with E-state index in [0.717, 1.165) is 22.9 Å². The highest BCUT2D eigenvalue weighted by Crippen LogP contribution is 2.31. The summed E-state index contributed by atoms with van der Waals surface area (Å²) in [6.07, 6.45) is 3.01. The smallest absolute Gasteiger partial charge is 0.105 e. The van der Waals surface area contributed by atoms with Gasteiger partial charge in [-0.1, -0.05) is 60.7 Å². The van der Waals surface area contributed by atoms with Crippen molar-refractivity contribution < 1.29 is 5.11 Å². The normalized spacial score (nSPS) is 15.1. The van der Waals surface area contributed by atoms with Crippen molar-refractivity contribution in [2.45, 2.75) is 25.4 Å². The number of rotatable bonds is 2. The van der Waals surface area contributed by atoms with Crippen LogP contribution >= 0.6 is 0 Å². The van der Waals surface area contributed by atoms with Crippen LogP contribution in [0.5, 0.6) is 0 Å². The Morgan fingerprint density at radius 2 is 1.62 bits per heavy atom. The lowest BCUT2D eigenvalue weighted by atomic mass is 9.94. The molecule has 0 saturated heterocycles. The molecule has 0 spiro atoms. The van der Waals surface area contributed by atoms with Gasteiger partial charge in [0, 0.05) is 0 Å². The van der Waals surface area contributed by atoms with Crippen molar-refractivity contribution in [2.75, 3.05) is 0 Å². The van der Waals surface area contributed by atoms with E-state index in [4.69, 9.17) is 0 Å². The minimum absolute atomic E-state index is 0.554. The third kappa shape index (κ3) is 2.14. The Bertz CT molecular complexity index is 799. The average molecular weight is 274 g/mol. The van der Waals surface area contributed by atoms with E-state index < -0.39 is 6.10 Å². The molecule has 0 amide bonds. The number of aliphatic hydroxyl groups excluding tert-OH is 1. The van der Waals surface area contributed by atoms with Gasteiger partial charge in [0.2, 0.25) is 0 Å². The van der Waals surface area contributed by atoms with Crippen LogP contribution in [-0.2, 0) is 12.8 Å². The van der Waals surface area contributed by atoms with E-state index in [1.807, 2.05) is 24.3 Å². The highest BCUT2D eigenvalue weighted by Gasteiger charge is 2.17. The minimum Gasteiger partial charge on any atom is -0.384 e. The molecule has 4 rings (SSSR count). The summed E-state index contributed by atoms with van der Waals surface area (Å²) in [5, 5.41) is 13.1. The van der Waals surface area contributed by atoms with E-state index in [1.165, 1.54) is 29.4 Å². The van der Waals surface area contributed by atoms with Crippen LogP contribution in [0.3, 0.4) is 0 Å². The molecular weight excluding hydrogens is 256 g/mol. The van der Waals surface area contributed by atoms with Crippen molar-refractivity contribution >= 4 is 10.8 Å². The van der Waals surface area contributed by atoms with Crippen molar-refractivity contribution in [3.05, 3.63) is 82.9 Å². The van der Waals surface area contributed by atoms with Gasteiger partial charge in [-0.05, 0) is 52.3 Å². The number of aliphatic hydroxyl groups is 1. The lowest BCUT2D eigenvalue weighted by Gasteiger charge is -2.15. The summed E-state index contributed by atoms with van der Waals surface area (Å²) in [5.41, 5.74) is 4.86. The van der Waals surface area contributed by atoms with Crippen molar-refractivity contribution in [1.82, 2.24) is 0 Å². The molecule has 1 unspecified atom stereocenters. The molecule has 1 heteroatoms. The van der Waals surface area contributed by atoms with Crippen molar-refractivity contribution in [1.29, 1.82) is 0 Å². The van der Waals surface area contributed by atoms with Crippen molar-refractivity contribution in [3.8, 4) is 0 Å². The Morgan fingerprint density at radius 3 is 2.57 bits per heavy atom.